The lowest BCUT2D eigenvalue weighted by molar-refractivity contribution is -0.127. The van der Waals surface area contributed by atoms with E-state index in [2.05, 4.69) is 5.32 Å². The van der Waals surface area contributed by atoms with Crippen molar-refractivity contribution < 1.29 is 28.2 Å². The molecule has 2 aliphatic heterocycles. The van der Waals surface area contributed by atoms with Crippen molar-refractivity contribution in [3.05, 3.63) is 59.4 Å². The van der Waals surface area contributed by atoms with Gasteiger partial charge in [-0.15, -0.1) is 0 Å². The highest BCUT2D eigenvalue weighted by atomic mass is 19.1. The Balaban J connectivity index is 1.31. The fraction of sp³-hybridized carbons (Fsp3) is 0.333. The first-order chi connectivity index (χ1) is 15.5. The molecule has 0 aromatic heterocycles. The number of amides is 2. The highest BCUT2D eigenvalue weighted by Crippen LogP contribution is 2.40. The monoisotopic (exact) mass is 440 g/mol. The summed E-state index contributed by atoms with van der Waals surface area (Å²) in [6.07, 6.45) is 4.57. The number of hydrogen-bond acceptors (Lipinski definition) is 5. The van der Waals surface area contributed by atoms with Crippen LogP contribution in [0, 0.1) is 5.82 Å². The van der Waals surface area contributed by atoms with Gasteiger partial charge in [0.2, 0.25) is 11.7 Å². The lowest BCUT2D eigenvalue weighted by Gasteiger charge is -2.31. The maximum atomic E-state index is 13.0. The zero-order valence-electron chi connectivity index (χ0n) is 17.8. The number of halogens is 1. The van der Waals surface area contributed by atoms with Gasteiger partial charge in [0.15, 0.2) is 11.5 Å². The summed E-state index contributed by atoms with van der Waals surface area (Å²) in [4.78, 5) is 26.7. The van der Waals surface area contributed by atoms with Crippen molar-refractivity contribution in [3.63, 3.8) is 0 Å². The molecule has 0 unspecified atom stereocenters. The highest BCUT2D eigenvalue weighted by molar-refractivity contribution is 5.94. The first-order valence-corrected chi connectivity index (χ1v) is 10.5. The summed E-state index contributed by atoms with van der Waals surface area (Å²) in [5.41, 5.74) is 1.20. The minimum absolute atomic E-state index is 0.0253. The number of benzene rings is 2. The second-order valence-corrected chi connectivity index (χ2v) is 7.66. The Hall–Kier alpha value is -3.55. The van der Waals surface area contributed by atoms with Gasteiger partial charge in [-0.2, -0.15) is 0 Å². The van der Waals surface area contributed by atoms with Gasteiger partial charge in [0, 0.05) is 30.8 Å². The first kappa shape index (κ1) is 21.7. The molecular weight excluding hydrogens is 415 g/mol. The van der Waals surface area contributed by atoms with Crippen LogP contribution in [0.3, 0.4) is 0 Å². The lowest BCUT2D eigenvalue weighted by atomic mass is 10.0. The Labute approximate surface area is 185 Å². The van der Waals surface area contributed by atoms with Crippen LogP contribution in [-0.4, -0.2) is 56.2 Å². The van der Waals surface area contributed by atoms with Crippen LogP contribution in [0.2, 0.25) is 0 Å². The lowest BCUT2D eigenvalue weighted by Crippen LogP contribution is -2.46. The molecule has 32 heavy (non-hydrogen) atoms. The van der Waals surface area contributed by atoms with E-state index in [0.717, 1.165) is 5.56 Å². The van der Waals surface area contributed by atoms with E-state index in [1.165, 1.54) is 30.3 Å². The second-order valence-electron chi connectivity index (χ2n) is 7.66. The van der Waals surface area contributed by atoms with E-state index in [1.54, 1.807) is 24.2 Å². The van der Waals surface area contributed by atoms with Gasteiger partial charge in [0.1, 0.15) is 19.0 Å². The molecule has 7 nitrogen and oxygen atoms in total. The van der Waals surface area contributed by atoms with E-state index in [-0.39, 0.29) is 23.7 Å². The van der Waals surface area contributed by atoms with E-state index in [9.17, 15) is 14.0 Å². The number of piperidine rings is 1. The molecule has 4 rings (SSSR count). The molecule has 1 N–H and O–H groups in total. The summed E-state index contributed by atoms with van der Waals surface area (Å²) in [7, 11) is 1.56. The predicted octanol–water partition coefficient (Wildman–Crippen LogP) is 3.04. The van der Waals surface area contributed by atoms with Crippen LogP contribution in [0.5, 0.6) is 17.2 Å². The molecule has 0 radical (unpaired) electrons. The molecule has 2 aromatic carbocycles. The fourth-order valence-electron chi connectivity index (χ4n) is 3.78. The topological polar surface area (TPSA) is 77.1 Å². The number of rotatable bonds is 5. The van der Waals surface area contributed by atoms with Gasteiger partial charge in [-0.25, -0.2) is 4.39 Å². The van der Waals surface area contributed by atoms with E-state index < -0.39 is 0 Å². The Morgan fingerprint density at radius 3 is 2.56 bits per heavy atom. The number of likely N-dealkylation sites (tertiary alicyclic amines) is 1. The molecule has 2 heterocycles. The molecule has 0 atom stereocenters. The Kier molecular flexibility index (Phi) is 6.58. The van der Waals surface area contributed by atoms with Crippen LogP contribution >= 0.6 is 0 Å². The minimum atomic E-state index is -0.379. The smallest absolute Gasteiger partial charge is 0.251 e. The Morgan fingerprint density at radius 2 is 1.84 bits per heavy atom. The zero-order valence-corrected chi connectivity index (χ0v) is 17.8. The van der Waals surface area contributed by atoms with E-state index in [1.807, 2.05) is 6.07 Å². The van der Waals surface area contributed by atoms with Crippen molar-refractivity contribution in [1.29, 1.82) is 0 Å². The van der Waals surface area contributed by atoms with Crippen molar-refractivity contribution >= 4 is 17.9 Å². The van der Waals surface area contributed by atoms with Crippen LogP contribution < -0.4 is 19.5 Å². The average Bonchev–Trinajstić information content (AvgIpc) is 2.82. The molecule has 1 saturated heterocycles. The summed E-state index contributed by atoms with van der Waals surface area (Å²) < 4.78 is 29.6. The molecule has 168 valence electrons. The SMILES string of the molecule is COc1cc(/C=C/C(=O)N2CCC(NC(=O)c3ccc(F)cc3)CC2)cc2c1OCCO2. The van der Waals surface area contributed by atoms with E-state index in [4.69, 9.17) is 14.2 Å². The molecular formula is C24H25FN2O5. The Morgan fingerprint density at radius 1 is 1.12 bits per heavy atom. The van der Waals surface area contributed by atoms with Crippen molar-refractivity contribution in [2.24, 2.45) is 0 Å². The van der Waals surface area contributed by atoms with E-state index in [0.29, 0.717) is 62.0 Å². The summed E-state index contributed by atoms with van der Waals surface area (Å²) in [6, 6.07) is 9.04. The van der Waals surface area contributed by atoms with Crippen molar-refractivity contribution in [2.75, 3.05) is 33.4 Å². The molecule has 2 amide bonds. The maximum absolute atomic E-state index is 13.0. The zero-order chi connectivity index (χ0) is 22.5. The van der Waals surface area contributed by atoms with Gasteiger partial charge in [-0.1, -0.05) is 0 Å². The van der Waals surface area contributed by atoms with E-state index >= 15 is 0 Å². The summed E-state index contributed by atoms with van der Waals surface area (Å²) in [5, 5.41) is 2.96. The van der Waals surface area contributed by atoms with Gasteiger partial charge >= 0.3 is 0 Å². The maximum Gasteiger partial charge on any atom is 0.251 e. The van der Waals surface area contributed by atoms with Gasteiger partial charge in [-0.05, 0) is 60.9 Å². The number of nitrogens with one attached hydrogen (secondary N) is 1. The summed E-state index contributed by atoms with van der Waals surface area (Å²) >= 11 is 0. The quantitative estimate of drug-likeness (QED) is 0.724. The van der Waals surface area contributed by atoms with Crippen LogP contribution in [0.25, 0.3) is 6.08 Å². The number of fused-ring (bicyclic) bond motifs is 1. The van der Waals surface area contributed by atoms with Gasteiger partial charge in [0.25, 0.3) is 5.91 Å². The molecule has 8 heteroatoms. The molecule has 0 aliphatic carbocycles. The number of carbonyl (C=O) groups excluding carboxylic acids is 2. The fourth-order valence-corrected chi connectivity index (χ4v) is 3.78. The number of hydrogen-bond donors (Lipinski definition) is 1. The predicted molar refractivity (Wildman–Crippen MR) is 116 cm³/mol. The number of methoxy groups -OCH3 is 1. The van der Waals surface area contributed by atoms with Crippen molar-refractivity contribution in [2.45, 2.75) is 18.9 Å². The molecule has 0 bridgehead atoms. The number of ether oxygens (including phenoxy) is 3. The van der Waals surface area contributed by atoms with Gasteiger partial charge in [-0.3, -0.25) is 9.59 Å². The second kappa shape index (κ2) is 9.72. The average molecular weight is 440 g/mol. The molecule has 0 saturated carbocycles. The highest BCUT2D eigenvalue weighted by Gasteiger charge is 2.23. The van der Waals surface area contributed by atoms with Crippen LogP contribution in [0.15, 0.2) is 42.5 Å². The van der Waals surface area contributed by atoms with Crippen molar-refractivity contribution in [1.82, 2.24) is 10.2 Å². The Bertz CT molecular complexity index is 997. The van der Waals surface area contributed by atoms with Crippen molar-refractivity contribution in [3.8, 4) is 17.2 Å². The third-order valence-electron chi connectivity index (χ3n) is 5.52. The summed E-state index contributed by atoms with van der Waals surface area (Å²) in [6.45, 7) is 2.02. The third kappa shape index (κ3) is 5.01. The van der Waals surface area contributed by atoms with Gasteiger partial charge < -0.3 is 24.4 Å². The van der Waals surface area contributed by atoms with Crippen LogP contribution in [0.4, 0.5) is 4.39 Å². The van der Waals surface area contributed by atoms with Crippen LogP contribution in [0.1, 0.15) is 28.8 Å². The largest absolute Gasteiger partial charge is 0.493 e. The summed E-state index contributed by atoms with van der Waals surface area (Å²) in [5.74, 6) is 1.03. The molecule has 2 aromatic rings. The van der Waals surface area contributed by atoms with Crippen LogP contribution in [-0.2, 0) is 4.79 Å². The number of carbonyl (C=O) groups is 2. The first-order valence-electron chi connectivity index (χ1n) is 10.5. The number of nitrogens with zero attached hydrogens (tertiary/aromatic N) is 1. The van der Waals surface area contributed by atoms with Gasteiger partial charge in [0.05, 0.1) is 7.11 Å². The standard InChI is InChI=1S/C24H25FN2O5/c1-30-20-14-16(15-21-23(20)32-13-12-31-21)2-7-22(28)27-10-8-19(9-11-27)26-24(29)17-3-5-18(25)6-4-17/h2-7,14-15,19H,8-13H2,1H3,(H,26,29)/b7-2+. The minimum Gasteiger partial charge on any atom is -0.493 e. The molecule has 0 spiro atoms. The third-order valence-corrected chi connectivity index (χ3v) is 5.52. The molecule has 1 fully saturated rings. The normalized spacial score (nSPS) is 16.1. The molecule has 2 aliphatic rings.